The minimum Gasteiger partial charge on any atom is -0.478 e. The molecule has 0 amide bonds. The zero-order valence-corrected chi connectivity index (χ0v) is 21.5. The second kappa shape index (κ2) is 11.4. The molecule has 0 bridgehead atoms. The van der Waals surface area contributed by atoms with Crippen LogP contribution in [0.2, 0.25) is 0 Å². The standard InChI is InChI=1S/C27H28ClN7O2/c1-29-14-17-8-9-22-21(12-17)33-27(37-22)20-16-32-26(30-2)19-15-31-24(13-18(19)20)34-23-6-5-7-25(35-23)36-11-4-3-10-28/h5-9,12-13,15-16,29H,3-4,10-11,14H2,1-2H3,(H,30,32)(H,31,34,35). The zero-order chi connectivity index (χ0) is 25.6. The topological polar surface area (TPSA) is 110 Å². The predicted octanol–water partition coefficient (Wildman–Crippen LogP) is 5.74. The van der Waals surface area contributed by atoms with E-state index in [1.165, 1.54) is 0 Å². The van der Waals surface area contributed by atoms with E-state index in [9.17, 15) is 0 Å². The molecule has 0 saturated carbocycles. The third-order valence-corrected chi connectivity index (χ3v) is 6.10. The molecule has 0 aliphatic heterocycles. The SMILES string of the molecule is CNCc1ccc2oc(-c3cnc(NC)c4cnc(Nc5cccc(OCCCCCl)n5)cc34)nc2c1. The van der Waals surface area contributed by atoms with Gasteiger partial charge in [-0.1, -0.05) is 12.1 Å². The van der Waals surface area contributed by atoms with Crippen LogP contribution < -0.4 is 20.7 Å². The summed E-state index contributed by atoms with van der Waals surface area (Å²) in [6.45, 7) is 1.33. The highest BCUT2D eigenvalue weighted by Gasteiger charge is 2.16. The maximum Gasteiger partial charge on any atom is 0.229 e. The number of nitrogens with one attached hydrogen (secondary N) is 3. The number of oxazole rings is 1. The Morgan fingerprint density at radius 3 is 2.70 bits per heavy atom. The molecule has 4 aromatic heterocycles. The highest BCUT2D eigenvalue weighted by atomic mass is 35.5. The molecule has 0 aliphatic rings. The number of pyridine rings is 3. The molecule has 0 aliphatic carbocycles. The van der Waals surface area contributed by atoms with E-state index in [-0.39, 0.29) is 0 Å². The largest absolute Gasteiger partial charge is 0.478 e. The molecule has 0 radical (unpaired) electrons. The number of nitrogens with zero attached hydrogens (tertiary/aromatic N) is 4. The average Bonchev–Trinajstić information content (AvgIpc) is 3.34. The fourth-order valence-corrected chi connectivity index (χ4v) is 4.23. The summed E-state index contributed by atoms with van der Waals surface area (Å²) in [5.74, 6) is 3.65. The van der Waals surface area contributed by atoms with Crippen LogP contribution in [-0.4, -0.2) is 46.5 Å². The molecule has 0 spiro atoms. The van der Waals surface area contributed by atoms with Gasteiger partial charge in [-0.15, -0.1) is 11.6 Å². The van der Waals surface area contributed by atoms with Gasteiger partial charge < -0.3 is 25.1 Å². The van der Waals surface area contributed by atoms with E-state index in [0.717, 1.165) is 58.2 Å². The monoisotopic (exact) mass is 517 g/mol. The molecule has 10 heteroatoms. The van der Waals surface area contributed by atoms with Gasteiger partial charge in [0.1, 0.15) is 23.0 Å². The summed E-state index contributed by atoms with van der Waals surface area (Å²) in [5, 5.41) is 11.3. The maximum atomic E-state index is 6.13. The van der Waals surface area contributed by atoms with Gasteiger partial charge in [-0.05, 0) is 49.7 Å². The third-order valence-electron chi connectivity index (χ3n) is 5.83. The van der Waals surface area contributed by atoms with Crippen molar-refractivity contribution in [1.82, 2.24) is 25.3 Å². The number of alkyl halides is 1. The van der Waals surface area contributed by atoms with Crippen molar-refractivity contribution in [3.05, 3.63) is 60.4 Å². The van der Waals surface area contributed by atoms with Crippen LogP contribution in [0, 0.1) is 0 Å². The number of benzene rings is 1. The Labute approximate surface area is 219 Å². The van der Waals surface area contributed by atoms with Gasteiger partial charge in [0.25, 0.3) is 0 Å². The Balaban J connectivity index is 1.48. The van der Waals surface area contributed by atoms with Crippen LogP contribution in [0.5, 0.6) is 5.88 Å². The Kier molecular flexibility index (Phi) is 7.62. The lowest BCUT2D eigenvalue weighted by Crippen LogP contribution is -2.04. The van der Waals surface area contributed by atoms with Crippen LogP contribution in [0.1, 0.15) is 18.4 Å². The van der Waals surface area contributed by atoms with Crippen molar-refractivity contribution >= 4 is 50.9 Å². The normalized spacial score (nSPS) is 11.2. The molecule has 37 heavy (non-hydrogen) atoms. The number of hydrogen-bond acceptors (Lipinski definition) is 9. The molecule has 1 aromatic carbocycles. The Morgan fingerprint density at radius 2 is 1.86 bits per heavy atom. The fraction of sp³-hybridized carbons (Fsp3) is 0.259. The summed E-state index contributed by atoms with van der Waals surface area (Å²) in [6.07, 6.45) is 5.33. The first-order chi connectivity index (χ1) is 18.2. The number of aromatic nitrogens is 4. The van der Waals surface area contributed by atoms with Crippen molar-refractivity contribution in [1.29, 1.82) is 0 Å². The smallest absolute Gasteiger partial charge is 0.229 e. The molecule has 3 N–H and O–H groups in total. The Hall–Kier alpha value is -3.95. The molecular formula is C27H28ClN7O2. The first kappa shape index (κ1) is 24.7. The maximum absolute atomic E-state index is 6.13. The Morgan fingerprint density at radius 1 is 0.946 bits per heavy atom. The van der Waals surface area contributed by atoms with Crippen LogP contribution in [0.4, 0.5) is 17.5 Å². The van der Waals surface area contributed by atoms with Crippen molar-refractivity contribution in [2.45, 2.75) is 19.4 Å². The molecule has 0 saturated heterocycles. The molecular weight excluding hydrogens is 490 g/mol. The number of unbranched alkanes of at least 4 members (excludes halogenated alkanes) is 1. The molecule has 0 atom stereocenters. The number of halogens is 1. The second-order valence-electron chi connectivity index (χ2n) is 8.47. The van der Waals surface area contributed by atoms with Crippen molar-refractivity contribution < 1.29 is 9.15 Å². The van der Waals surface area contributed by atoms with E-state index in [0.29, 0.717) is 35.9 Å². The highest BCUT2D eigenvalue weighted by Crippen LogP contribution is 2.34. The zero-order valence-electron chi connectivity index (χ0n) is 20.7. The van der Waals surface area contributed by atoms with Gasteiger partial charge in [0.2, 0.25) is 11.8 Å². The van der Waals surface area contributed by atoms with Crippen LogP contribution in [0.3, 0.4) is 0 Å². The van der Waals surface area contributed by atoms with E-state index in [1.54, 1.807) is 12.4 Å². The summed E-state index contributed by atoms with van der Waals surface area (Å²) in [5.41, 5.74) is 3.43. The molecule has 0 unspecified atom stereocenters. The summed E-state index contributed by atoms with van der Waals surface area (Å²) >= 11 is 5.74. The summed E-state index contributed by atoms with van der Waals surface area (Å²) in [6, 6.07) is 13.5. The van der Waals surface area contributed by atoms with Crippen molar-refractivity contribution in [3.8, 4) is 17.3 Å². The van der Waals surface area contributed by atoms with Crippen LogP contribution in [0.15, 0.2) is 59.3 Å². The number of fused-ring (bicyclic) bond motifs is 2. The first-order valence-electron chi connectivity index (χ1n) is 12.1. The highest BCUT2D eigenvalue weighted by molar-refractivity contribution is 6.17. The predicted molar refractivity (Wildman–Crippen MR) is 148 cm³/mol. The summed E-state index contributed by atoms with van der Waals surface area (Å²) in [7, 11) is 3.75. The number of anilines is 3. The summed E-state index contributed by atoms with van der Waals surface area (Å²) in [4.78, 5) is 18.5. The fourth-order valence-electron chi connectivity index (χ4n) is 4.04. The third kappa shape index (κ3) is 5.58. The van der Waals surface area contributed by atoms with E-state index < -0.39 is 0 Å². The second-order valence-corrected chi connectivity index (χ2v) is 8.85. The van der Waals surface area contributed by atoms with Crippen molar-refractivity contribution in [2.24, 2.45) is 0 Å². The van der Waals surface area contributed by atoms with Crippen LogP contribution in [0.25, 0.3) is 33.3 Å². The van der Waals surface area contributed by atoms with Crippen molar-refractivity contribution in [3.63, 3.8) is 0 Å². The number of rotatable bonds is 11. The molecule has 5 rings (SSSR count). The van der Waals surface area contributed by atoms with Gasteiger partial charge in [0, 0.05) is 48.7 Å². The van der Waals surface area contributed by atoms with Gasteiger partial charge in [0.15, 0.2) is 5.58 Å². The average molecular weight is 518 g/mol. The molecule has 0 fully saturated rings. The van der Waals surface area contributed by atoms with E-state index >= 15 is 0 Å². The summed E-state index contributed by atoms with van der Waals surface area (Å²) < 4.78 is 11.9. The molecule has 5 aromatic rings. The molecule has 4 heterocycles. The van der Waals surface area contributed by atoms with E-state index in [4.69, 9.17) is 25.7 Å². The van der Waals surface area contributed by atoms with Crippen LogP contribution >= 0.6 is 11.6 Å². The Bertz CT molecular complexity index is 1520. The quantitative estimate of drug-likeness (QED) is 0.149. The lowest BCUT2D eigenvalue weighted by molar-refractivity contribution is 0.298. The minimum atomic E-state index is 0.499. The molecule has 9 nitrogen and oxygen atoms in total. The van der Waals surface area contributed by atoms with Gasteiger partial charge in [-0.3, -0.25) is 0 Å². The first-order valence-corrected chi connectivity index (χ1v) is 12.7. The van der Waals surface area contributed by atoms with Crippen LogP contribution in [-0.2, 0) is 6.54 Å². The number of ether oxygens (including phenoxy) is 1. The lowest BCUT2D eigenvalue weighted by Gasteiger charge is -2.11. The van der Waals surface area contributed by atoms with E-state index in [1.807, 2.05) is 56.6 Å². The van der Waals surface area contributed by atoms with Gasteiger partial charge in [0.05, 0.1) is 12.2 Å². The number of hydrogen-bond donors (Lipinski definition) is 3. The minimum absolute atomic E-state index is 0.499. The van der Waals surface area contributed by atoms with Gasteiger partial charge >= 0.3 is 0 Å². The van der Waals surface area contributed by atoms with Crippen molar-refractivity contribution in [2.75, 3.05) is 37.2 Å². The van der Waals surface area contributed by atoms with Gasteiger partial charge in [-0.25, -0.2) is 15.0 Å². The van der Waals surface area contributed by atoms with E-state index in [2.05, 4.69) is 30.9 Å². The van der Waals surface area contributed by atoms with Gasteiger partial charge in [-0.2, -0.15) is 4.98 Å². The lowest BCUT2D eigenvalue weighted by atomic mass is 10.1. The molecule has 190 valence electrons.